The van der Waals surface area contributed by atoms with E-state index in [0.29, 0.717) is 48.5 Å². The van der Waals surface area contributed by atoms with Gasteiger partial charge >= 0.3 is 0 Å². The molecule has 0 aliphatic carbocycles. The molecule has 0 saturated carbocycles. The molecular formula is C20H23N5O3S. The van der Waals surface area contributed by atoms with Crippen LogP contribution in [-0.2, 0) is 7.05 Å². The van der Waals surface area contributed by atoms with Crippen LogP contribution < -0.4 is 5.32 Å². The highest BCUT2D eigenvalue weighted by Crippen LogP contribution is 2.27. The van der Waals surface area contributed by atoms with Gasteiger partial charge in [-0.15, -0.1) is 11.3 Å². The summed E-state index contributed by atoms with van der Waals surface area (Å²) in [6.45, 7) is 3.67. The van der Waals surface area contributed by atoms with E-state index in [0.717, 1.165) is 17.7 Å². The number of aryl methyl sites for hydroxylation is 2. The van der Waals surface area contributed by atoms with Crippen molar-refractivity contribution in [2.24, 2.45) is 13.0 Å². The summed E-state index contributed by atoms with van der Waals surface area (Å²) in [6, 6.07) is 3.86. The smallest absolute Gasteiger partial charge is 0.276 e. The number of oxazole rings is 1. The maximum atomic E-state index is 12.9. The molecule has 1 N–H and O–H groups in total. The van der Waals surface area contributed by atoms with E-state index in [-0.39, 0.29) is 11.8 Å². The highest BCUT2D eigenvalue weighted by Gasteiger charge is 2.28. The van der Waals surface area contributed by atoms with Crippen molar-refractivity contribution in [3.63, 3.8) is 0 Å². The van der Waals surface area contributed by atoms with Gasteiger partial charge in [-0.05, 0) is 37.1 Å². The van der Waals surface area contributed by atoms with Gasteiger partial charge in [-0.25, -0.2) is 4.98 Å². The van der Waals surface area contributed by atoms with Crippen LogP contribution in [0, 0.1) is 12.8 Å². The summed E-state index contributed by atoms with van der Waals surface area (Å²) >= 11 is 1.53. The number of amides is 2. The molecule has 1 aliphatic heterocycles. The Labute approximate surface area is 172 Å². The highest BCUT2D eigenvalue weighted by molar-refractivity contribution is 7.13. The molecule has 8 nitrogen and oxygen atoms in total. The second kappa shape index (κ2) is 8.20. The normalized spacial score (nSPS) is 14.9. The van der Waals surface area contributed by atoms with E-state index in [9.17, 15) is 9.59 Å². The molecule has 3 aromatic rings. The molecule has 29 heavy (non-hydrogen) atoms. The van der Waals surface area contributed by atoms with Crippen molar-refractivity contribution in [1.29, 1.82) is 0 Å². The Bertz CT molecular complexity index is 999. The van der Waals surface area contributed by atoms with Gasteiger partial charge in [-0.1, -0.05) is 6.07 Å². The Balaban J connectivity index is 1.30. The summed E-state index contributed by atoms with van der Waals surface area (Å²) in [4.78, 5) is 32.2. The molecule has 0 spiro atoms. The van der Waals surface area contributed by atoms with Crippen LogP contribution >= 0.6 is 11.3 Å². The summed E-state index contributed by atoms with van der Waals surface area (Å²) in [7, 11) is 1.78. The van der Waals surface area contributed by atoms with E-state index >= 15 is 0 Å². The second-order valence-electron chi connectivity index (χ2n) is 7.25. The van der Waals surface area contributed by atoms with Gasteiger partial charge in [0.15, 0.2) is 5.69 Å². The fraction of sp³-hybridized carbons (Fsp3) is 0.400. The lowest BCUT2D eigenvalue weighted by Crippen LogP contribution is -2.41. The van der Waals surface area contributed by atoms with Crippen molar-refractivity contribution in [3.8, 4) is 10.8 Å². The van der Waals surface area contributed by atoms with Crippen LogP contribution in [0.1, 0.15) is 39.4 Å². The third-order valence-corrected chi connectivity index (χ3v) is 6.01. The van der Waals surface area contributed by atoms with E-state index in [1.165, 1.54) is 11.3 Å². The number of carbonyl (C=O) groups is 2. The first-order chi connectivity index (χ1) is 14.0. The molecule has 152 valence electrons. The van der Waals surface area contributed by atoms with Gasteiger partial charge in [0.25, 0.3) is 11.8 Å². The Morgan fingerprint density at radius 2 is 2.14 bits per heavy atom. The molecule has 0 unspecified atom stereocenters. The van der Waals surface area contributed by atoms with E-state index < -0.39 is 0 Å². The Kier molecular flexibility index (Phi) is 5.48. The number of nitrogens with zero attached hydrogens (tertiary/aromatic N) is 4. The predicted octanol–water partition coefficient (Wildman–Crippen LogP) is 2.73. The molecule has 9 heteroatoms. The molecule has 4 heterocycles. The average molecular weight is 414 g/mol. The monoisotopic (exact) mass is 413 g/mol. The topological polar surface area (TPSA) is 93.3 Å². The van der Waals surface area contributed by atoms with Crippen molar-refractivity contribution < 1.29 is 14.0 Å². The quantitative estimate of drug-likeness (QED) is 0.694. The van der Waals surface area contributed by atoms with Gasteiger partial charge in [-0.2, -0.15) is 5.10 Å². The second-order valence-corrected chi connectivity index (χ2v) is 8.20. The van der Waals surface area contributed by atoms with Crippen LogP contribution in [0.5, 0.6) is 0 Å². The fourth-order valence-corrected chi connectivity index (χ4v) is 4.12. The summed E-state index contributed by atoms with van der Waals surface area (Å²) in [5.74, 6) is 1.18. The van der Waals surface area contributed by atoms with Gasteiger partial charge in [0.2, 0.25) is 5.89 Å². The lowest BCUT2D eigenvalue weighted by molar-refractivity contribution is 0.0677. The van der Waals surface area contributed by atoms with Gasteiger partial charge in [0.05, 0.1) is 16.6 Å². The van der Waals surface area contributed by atoms with Gasteiger partial charge in [-0.3, -0.25) is 14.3 Å². The van der Waals surface area contributed by atoms with Crippen LogP contribution in [-0.4, -0.2) is 51.1 Å². The number of likely N-dealkylation sites (tertiary alicyclic amines) is 1. The number of thiophene rings is 1. The Morgan fingerprint density at radius 3 is 2.79 bits per heavy atom. The molecule has 4 rings (SSSR count). The zero-order valence-electron chi connectivity index (χ0n) is 16.4. The minimum Gasteiger partial charge on any atom is -0.440 e. The summed E-state index contributed by atoms with van der Waals surface area (Å²) in [5, 5.41) is 8.93. The van der Waals surface area contributed by atoms with Gasteiger partial charge < -0.3 is 14.6 Å². The molecule has 0 aromatic carbocycles. The lowest BCUT2D eigenvalue weighted by Gasteiger charge is -2.31. The molecule has 2 amide bonds. The molecule has 1 saturated heterocycles. The fourth-order valence-electron chi connectivity index (χ4n) is 3.47. The third kappa shape index (κ3) is 4.24. The average Bonchev–Trinajstić information content (AvgIpc) is 3.47. The number of nitrogens with one attached hydrogen (secondary N) is 1. The Hall–Kier alpha value is -2.94. The molecule has 3 aromatic heterocycles. The first-order valence-electron chi connectivity index (χ1n) is 9.58. The van der Waals surface area contributed by atoms with Crippen molar-refractivity contribution in [3.05, 3.63) is 46.9 Å². The predicted molar refractivity (Wildman–Crippen MR) is 109 cm³/mol. The van der Waals surface area contributed by atoms with Crippen LogP contribution in [0.3, 0.4) is 0 Å². The van der Waals surface area contributed by atoms with Gasteiger partial charge in [0, 0.05) is 32.9 Å². The number of carbonyl (C=O) groups excluding carboxylic acids is 2. The van der Waals surface area contributed by atoms with Crippen LogP contribution in [0.25, 0.3) is 10.8 Å². The minimum atomic E-state index is -0.115. The minimum absolute atomic E-state index is 0.0908. The standard InChI is InChI=1S/C20H23N5O3S/c1-13-17(23-19(28-13)16-4-3-9-29-16)20(27)25-7-5-14(6-8-25)10-21-18(26)15-11-22-24(2)12-15/h3-4,9,11-12,14H,5-8,10H2,1-2H3,(H,21,26). The molecule has 0 radical (unpaired) electrons. The summed E-state index contributed by atoms with van der Waals surface area (Å²) in [5.41, 5.74) is 0.944. The number of hydrogen-bond acceptors (Lipinski definition) is 6. The molecule has 0 atom stereocenters. The zero-order chi connectivity index (χ0) is 20.4. The number of aromatic nitrogens is 3. The van der Waals surface area contributed by atoms with Crippen molar-refractivity contribution in [1.82, 2.24) is 25.0 Å². The van der Waals surface area contributed by atoms with Crippen molar-refractivity contribution >= 4 is 23.2 Å². The Morgan fingerprint density at radius 1 is 1.34 bits per heavy atom. The van der Waals surface area contributed by atoms with Crippen LogP contribution in [0.2, 0.25) is 0 Å². The van der Waals surface area contributed by atoms with Crippen LogP contribution in [0.15, 0.2) is 34.3 Å². The van der Waals surface area contributed by atoms with Crippen molar-refractivity contribution in [2.75, 3.05) is 19.6 Å². The largest absolute Gasteiger partial charge is 0.440 e. The first-order valence-corrected chi connectivity index (χ1v) is 10.5. The number of piperidine rings is 1. The number of rotatable bonds is 5. The highest BCUT2D eigenvalue weighted by atomic mass is 32.1. The van der Waals surface area contributed by atoms with E-state index in [2.05, 4.69) is 15.4 Å². The third-order valence-electron chi connectivity index (χ3n) is 5.15. The van der Waals surface area contributed by atoms with Crippen LogP contribution in [0.4, 0.5) is 0 Å². The van der Waals surface area contributed by atoms with E-state index in [1.807, 2.05) is 22.4 Å². The summed E-state index contributed by atoms with van der Waals surface area (Å²) < 4.78 is 7.30. The molecule has 1 fully saturated rings. The first kappa shape index (κ1) is 19.4. The zero-order valence-corrected chi connectivity index (χ0v) is 17.2. The maximum absolute atomic E-state index is 12.9. The van der Waals surface area contributed by atoms with Crippen molar-refractivity contribution in [2.45, 2.75) is 19.8 Å². The maximum Gasteiger partial charge on any atom is 0.276 e. The lowest BCUT2D eigenvalue weighted by atomic mass is 9.96. The number of hydrogen-bond donors (Lipinski definition) is 1. The molecular weight excluding hydrogens is 390 g/mol. The van der Waals surface area contributed by atoms with E-state index in [1.54, 1.807) is 31.0 Å². The SMILES string of the molecule is Cc1oc(-c2cccs2)nc1C(=O)N1CCC(CNC(=O)c2cnn(C)c2)CC1. The summed E-state index contributed by atoms with van der Waals surface area (Å²) in [6.07, 6.45) is 4.93. The molecule has 1 aliphatic rings. The van der Waals surface area contributed by atoms with E-state index in [4.69, 9.17) is 4.42 Å². The molecule has 0 bridgehead atoms. The van der Waals surface area contributed by atoms with Gasteiger partial charge in [0.1, 0.15) is 5.76 Å².